The van der Waals surface area contributed by atoms with Gasteiger partial charge >= 0.3 is 0 Å². The SMILES string of the molecule is O=C(Nc1cc(F)c(F)c(C(=O)c2ccc3ncc(N4CCOCC4)nc3c2)c1)c1ccc(Cl)c(Cl)c1. The van der Waals surface area contributed by atoms with Gasteiger partial charge in [0.1, 0.15) is 5.82 Å². The molecule has 37 heavy (non-hydrogen) atoms. The number of nitrogens with zero attached hydrogens (tertiary/aromatic N) is 3. The topological polar surface area (TPSA) is 84.4 Å². The average molecular weight is 543 g/mol. The van der Waals surface area contributed by atoms with E-state index in [4.69, 9.17) is 27.9 Å². The van der Waals surface area contributed by atoms with Crippen LogP contribution < -0.4 is 10.2 Å². The summed E-state index contributed by atoms with van der Waals surface area (Å²) in [6.45, 7) is 2.45. The van der Waals surface area contributed by atoms with Gasteiger partial charge in [0.05, 0.1) is 46.1 Å². The van der Waals surface area contributed by atoms with Crippen molar-refractivity contribution in [3.8, 4) is 0 Å². The molecular weight excluding hydrogens is 525 g/mol. The lowest BCUT2D eigenvalue weighted by molar-refractivity contribution is 0.101. The van der Waals surface area contributed by atoms with Crippen LogP contribution in [0.5, 0.6) is 0 Å². The van der Waals surface area contributed by atoms with Crippen molar-refractivity contribution in [1.29, 1.82) is 0 Å². The zero-order valence-corrected chi connectivity index (χ0v) is 20.6. The van der Waals surface area contributed by atoms with Crippen molar-refractivity contribution < 1.29 is 23.1 Å². The molecule has 0 bridgehead atoms. The number of carbonyl (C=O) groups excluding carboxylic acids is 2. The second kappa shape index (κ2) is 10.4. The number of ketones is 1. The molecule has 188 valence electrons. The normalized spacial score (nSPS) is 13.6. The number of hydrogen-bond donors (Lipinski definition) is 1. The van der Waals surface area contributed by atoms with Crippen LogP contribution in [-0.4, -0.2) is 48.0 Å². The molecule has 1 N–H and O–H groups in total. The van der Waals surface area contributed by atoms with Crippen LogP contribution in [0.2, 0.25) is 10.0 Å². The van der Waals surface area contributed by atoms with Crippen LogP contribution in [0.4, 0.5) is 20.3 Å². The molecule has 11 heteroatoms. The van der Waals surface area contributed by atoms with Crippen LogP contribution in [0.1, 0.15) is 26.3 Å². The quantitative estimate of drug-likeness (QED) is 0.333. The van der Waals surface area contributed by atoms with E-state index in [-0.39, 0.29) is 26.9 Å². The van der Waals surface area contributed by atoms with E-state index in [2.05, 4.69) is 15.3 Å². The minimum Gasteiger partial charge on any atom is -0.378 e. The van der Waals surface area contributed by atoms with E-state index in [1.807, 2.05) is 4.90 Å². The predicted molar refractivity (Wildman–Crippen MR) is 137 cm³/mol. The summed E-state index contributed by atoms with van der Waals surface area (Å²) in [5.41, 5.74) is 0.570. The van der Waals surface area contributed by atoms with Gasteiger partial charge in [0.25, 0.3) is 5.91 Å². The van der Waals surface area contributed by atoms with Crippen LogP contribution in [0.3, 0.4) is 0 Å². The Labute approximate surface area is 220 Å². The highest BCUT2D eigenvalue weighted by Crippen LogP contribution is 2.26. The third-order valence-electron chi connectivity index (χ3n) is 5.84. The first-order valence-corrected chi connectivity index (χ1v) is 12.0. The first kappa shape index (κ1) is 25.0. The lowest BCUT2D eigenvalue weighted by Crippen LogP contribution is -2.36. The van der Waals surface area contributed by atoms with Crippen molar-refractivity contribution in [2.75, 3.05) is 36.5 Å². The molecule has 1 saturated heterocycles. The van der Waals surface area contributed by atoms with Crippen LogP contribution >= 0.6 is 23.2 Å². The van der Waals surface area contributed by atoms with Gasteiger partial charge in [-0.3, -0.25) is 14.6 Å². The Morgan fingerprint density at radius 3 is 2.43 bits per heavy atom. The molecule has 5 rings (SSSR count). The van der Waals surface area contributed by atoms with Crippen LogP contribution in [0.25, 0.3) is 11.0 Å². The van der Waals surface area contributed by atoms with E-state index in [0.29, 0.717) is 43.2 Å². The molecule has 0 atom stereocenters. The highest BCUT2D eigenvalue weighted by Gasteiger charge is 2.21. The van der Waals surface area contributed by atoms with Crippen molar-refractivity contribution in [3.05, 3.63) is 93.1 Å². The summed E-state index contributed by atoms with van der Waals surface area (Å²) in [5, 5.41) is 2.87. The van der Waals surface area contributed by atoms with Crippen molar-refractivity contribution in [2.45, 2.75) is 0 Å². The largest absolute Gasteiger partial charge is 0.378 e. The summed E-state index contributed by atoms with van der Waals surface area (Å²) >= 11 is 11.8. The molecule has 1 amide bonds. The maximum Gasteiger partial charge on any atom is 0.255 e. The standard InChI is InChI=1S/C26H18Cl2F2N4O3/c27-18-3-1-15(9-19(18)28)26(36)32-16-11-17(24(30)20(29)12-16)25(35)14-2-4-21-22(10-14)33-23(13-31-21)34-5-7-37-8-6-34/h1-4,9-13H,5-8H2,(H,32,36). The molecule has 0 radical (unpaired) electrons. The number of hydrogen-bond acceptors (Lipinski definition) is 6. The van der Waals surface area contributed by atoms with Gasteiger partial charge in [-0.15, -0.1) is 0 Å². The Morgan fingerprint density at radius 1 is 0.919 bits per heavy atom. The molecule has 1 aliphatic rings. The van der Waals surface area contributed by atoms with Gasteiger partial charge in [0.15, 0.2) is 17.4 Å². The monoisotopic (exact) mass is 542 g/mol. The smallest absolute Gasteiger partial charge is 0.255 e. The fourth-order valence-electron chi connectivity index (χ4n) is 3.91. The van der Waals surface area contributed by atoms with Crippen molar-refractivity contribution >= 4 is 57.4 Å². The Balaban J connectivity index is 1.44. The molecule has 1 aromatic heterocycles. The van der Waals surface area contributed by atoms with E-state index in [0.717, 1.165) is 12.1 Å². The molecular formula is C26H18Cl2F2N4O3. The molecule has 2 heterocycles. The number of nitrogens with one attached hydrogen (secondary N) is 1. The molecule has 1 aliphatic heterocycles. The maximum atomic E-state index is 14.7. The number of amides is 1. The van der Waals surface area contributed by atoms with Crippen molar-refractivity contribution in [2.24, 2.45) is 0 Å². The van der Waals surface area contributed by atoms with Crippen molar-refractivity contribution in [1.82, 2.24) is 9.97 Å². The summed E-state index contributed by atoms with van der Waals surface area (Å²) in [5.74, 6) is -3.40. The molecule has 0 saturated carbocycles. The summed E-state index contributed by atoms with van der Waals surface area (Å²) < 4.78 is 34.5. The number of aromatic nitrogens is 2. The minimum atomic E-state index is -1.33. The fourth-order valence-corrected chi connectivity index (χ4v) is 4.21. The number of fused-ring (bicyclic) bond motifs is 1. The zero-order chi connectivity index (χ0) is 26.1. The van der Waals surface area contributed by atoms with E-state index in [1.54, 1.807) is 12.3 Å². The van der Waals surface area contributed by atoms with E-state index in [1.165, 1.54) is 30.3 Å². The molecule has 0 unspecified atom stereocenters. The summed E-state index contributed by atoms with van der Waals surface area (Å²) in [4.78, 5) is 36.8. The lowest BCUT2D eigenvalue weighted by atomic mass is 10.0. The van der Waals surface area contributed by atoms with Gasteiger partial charge < -0.3 is 15.0 Å². The van der Waals surface area contributed by atoms with Gasteiger partial charge in [-0.1, -0.05) is 23.2 Å². The zero-order valence-electron chi connectivity index (χ0n) is 19.1. The van der Waals surface area contributed by atoms with Gasteiger partial charge in [-0.05, 0) is 42.5 Å². The summed E-state index contributed by atoms with van der Waals surface area (Å²) in [7, 11) is 0. The minimum absolute atomic E-state index is 0.0900. The van der Waals surface area contributed by atoms with Crippen LogP contribution in [0.15, 0.2) is 54.7 Å². The average Bonchev–Trinajstić information content (AvgIpc) is 2.91. The molecule has 7 nitrogen and oxygen atoms in total. The molecule has 3 aromatic carbocycles. The number of morpholine rings is 1. The van der Waals surface area contributed by atoms with E-state index in [9.17, 15) is 18.4 Å². The Kier molecular flexibility index (Phi) is 7.01. The van der Waals surface area contributed by atoms with Crippen LogP contribution in [0, 0.1) is 11.6 Å². The number of rotatable bonds is 5. The number of ether oxygens (including phenoxy) is 1. The summed E-state index contributed by atoms with van der Waals surface area (Å²) in [6, 6.07) is 10.6. The van der Waals surface area contributed by atoms with E-state index >= 15 is 0 Å². The molecule has 1 fully saturated rings. The molecule has 0 aliphatic carbocycles. The van der Waals surface area contributed by atoms with Crippen molar-refractivity contribution in [3.63, 3.8) is 0 Å². The predicted octanol–water partition coefficient (Wildman–Crippen LogP) is 5.53. The Morgan fingerprint density at radius 2 is 1.68 bits per heavy atom. The van der Waals surface area contributed by atoms with Gasteiger partial charge in [0.2, 0.25) is 0 Å². The lowest BCUT2D eigenvalue weighted by Gasteiger charge is -2.27. The maximum absolute atomic E-state index is 14.7. The highest BCUT2D eigenvalue weighted by atomic mass is 35.5. The number of benzene rings is 3. The van der Waals surface area contributed by atoms with E-state index < -0.39 is 28.9 Å². The second-order valence-electron chi connectivity index (χ2n) is 8.26. The Bertz CT molecular complexity index is 1540. The number of carbonyl (C=O) groups is 2. The van der Waals surface area contributed by atoms with Gasteiger partial charge in [0, 0.05) is 36.0 Å². The first-order valence-electron chi connectivity index (χ1n) is 11.2. The highest BCUT2D eigenvalue weighted by molar-refractivity contribution is 6.42. The Hall–Kier alpha value is -3.66. The van der Waals surface area contributed by atoms with Gasteiger partial charge in [-0.2, -0.15) is 0 Å². The second-order valence-corrected chi connectivity index (χ2v) is 9.08. The number of anilines is 2. The van der Waals surface area contributed by atoms with Crippen LogP contribution in [-0.2, 0) is 4.74 Å². The first-order chi connectivity index (χ1) is 17.8. The molecule has 0 spiro atoms. The molecule has 4 aromatic rings. The van der Waals surface area contributed by atoms with Gasteiger partial charge in [-0.25, -0.2) is 13.8 Å². The number of halogens is 4. The third kappa shape index (κ3) is 5.24. The third-order valence-corrected chi connectivity index (χ3v) is 6.58. The fraction of sp³-hybridized carbons (Fsp3) is 0.154. The summed E-state index contributed by atoms with van der Waals surface area (Å²) in [6.07, 6.45) is 1.64.